The molecule has 12 heavy (non-hydrogen) atoms. The van der Waals surface area contributed by atoms with E-state index in [2.05, 4.69) is 9.97 Å². The lowest BCUT2D eigenvalue weighted by Crippen LogP contribution is -1.48. The lowest BCUT2D eigenvalue weighted by Gasteiger charge is -1.63. The summed E-state index contributed by atoms with van der Waals surface area (Å²) in [6.07, 6.45) is 3.70. The molecule has 0 bridgehead atoms. The van der Waals surface area contributed by atoms with Crippen LogP contribution < -0.4 is 0 Å². The smallest absolute Gasteiger partial charge is 0.0794 e. The van der Waals surface area contributed by atoms with E-state index in [0.29, 0.717) is 0 Å². The zero-order chi connectivity index (χ0) is 8.81. The third-order valence-corrected chi connectivity index (χ3v) is 2.52. The first kappa shape index (κ1) is 9.35. The van der Waals surface area contributed by atoms with Crippen molar-refractivity contribution in [2.24, 2.45) is 0 Å². The SMILES string of the molecule is Cc1cncs1.Cc1cncs1. The molecule has 2 aromatic rings. The average molecular weight is 198 g/mol. The number of aromatic nitrogens is 2. The lowest BCUT2D eigenvalue weighted by atomic mass is 10.7. The molecule has 0 N–H and O–H groups in total. The van der Waals surface area contributed by atoms with Crippen LogP contribution in [0.5, 0.6) is 0 Å². The Morgan fingerprint density at radius 1 is 0.917 bits per heavy atom. The van der Waals surface area contributed by atoms with Gasteiger partial charge in [0.25, 0.3) is 0 Å². The fourth-order valence-electron chi connectivity index (χ4n) is 0.559. The van der Waals surface area contributed by atoms with Gasteiger partial charge < -0.3 is 0 Å². The van der Waals surface area contributed by atoms with Crippen LogP contribution in [0.3, 0.4) is 0 Å². The van der Waals surface area contributed by atoms with Crippen LogP contribution in [0.1, 0.15) is 9.75 Å². The molecule has 0 fully saturated rings. The second-order valence-electron chi connectivity index (χ2n) is 2.22. The Bertz CT molecular complexity index is 254. The Kier molecular flexibility index (Phi) is 3.90. The second-order valence-corrected chi connectivity index (χ2v) is 4.41. The standard InChI is InChI=1S/2C4H5NS/c2*1-4-2-5-3-6-4/h2*2-3H,1H3. The molecule has 0 aromatic carbocycles. The predicted octanol–water partition coefficient (Wildman–Crippen LogP) is 2.90. The Balaban J connectivity index is 0.000000120. The van der Waals surface area contributed by atoms with Crippen molar-refractivity contribution in [3.63, 3.8) is 0 Å². The summed E-state index contributed by atoms with van der Waals surface area (Å²) in [6.45, 7) is 4.08. The molecule has 2 aromatic heterocycles. The van der Waals surface area contributed by atoms with Crippen molar-refractivity contribution in [1.82, 2.24) is 9.97 Å². The largest absolute Gasteiger partial charge is 0.253 e. The molecule has 0 aliphatic heterocycles. The van der Waals surface area contributed by atoms with Gasteiger partial charge in [0.2, 0.25) is 0 Å². The molecule has 0 saturated carbocycles. The quantitative estimate of drug-likeness (QED) is 0.650. The molecule has 2 nitrogen and oxygen atoms in total. The van der Waals surface area contributed by atoms with E-state index in [1.165, 1.54) is 9.75 Å². The van der Waals surface area contributed by atoms with Crippen molar-refractivity contribution < 1.29 is 0 Å². The summed E-state index contributed by atoms with van der Waals surface area (Å²) in [7, 11) is 0. The Labute approximate surface area is 79.9 Å². The number of hydrogen-bond donors (Lipinski definition) is 0. The monoisotopic (exact) mass is 198 g/mol. The summed E-state index contributed by atoms with van der Waals surface area (Å²) in [5, 5.41) is 0. The first-order valence-electron chi connectivity index (χ1n) is 3.49. The molecule has 4 heteroatoms. The highest BCUT2D eigenvalue weighted by atomic mass is 32.1. The first-order valence-corrected chi connectivity index (χ1v) is 5.25. The molecule has 0 amide bonds. The molecular weight excluding hydrogens is 188 g/mol. The highest BCUT2D eigenvalue weighted by Gasteiger charge is 1.76. The summed E-state index contributed by atoms with van der Waals surface area (Å²) < 4.78 is 0. The minimum Gasteiger partial charge on any atom is -0.253 e. The van der Waals surface area contributed by atoms with Gasteiger partial charge in [-0.2, -0.15) is 0 Å². The number of aryl methyl sites for hydroxylation is 2. The molecule has 0 unspecified atom stereocenters. The van der Waals surface area contributed by atoms with Crippen LogP contribution in [-0.2, 0) is 0 Å². The third kappa shape index (κ3) is 3.59. The topological polar surface area (TPSA) is 25.8 Å². The van der Waals surface area contributed by atoms with Gasteiger partial charge in [0, 0.05) is 22.1 Å². The number of rotatable bonds is 0. The van der Waals surface area contributed by atoms with Crippen LogP contribution >= 0.6 is 22.7 Å². The number of thiazole rings is 2. The lowest BCUT2D eigenvalue weighted by molar-refractivity contribution is 1.39. The third-order valence-electron chi connectivity index (χ3n) is 1.11. The van der Waals surface area contributed by atoms with Crippen LogP contribution in [-0.4, -0.2) is 9.97 Å². The van der Waals surface area contributed by atoms with Gasteiger partial charge in [-0.25, -0.2) is 0 Å². The minimum atomic E-state index is 1.27. The van der Waals surface area contributed by atoms with Crippen molar-refractivity contribution in [1.29, 1.82) is 0 Å². The maximum Gasteiger partial charge on any atom is 0.0794 e. The van der Waals surface area contributed by atoms with Gasteiger partial charge >= 0.3 is 0 Å². The Morgan fingerprint density at radius 3 is 1.42 bits per heavy atom. The Morgan fingerprint density at radius 2 is 1.33 bits per heavy atom. The van der Waals surface area contributed by atoms with Crippen molar-refractivity contribution in [2.75, 3.05) is 0 Å². The van der Waals surface area contributed by atoms with Gasteiger partial charge in [-0.1, -0.05) is 0 Å². The van der Waals surface area contributed by atoms with Crippen LogP contribution in [0.4, 0.5) is 0 Å². The molecular formula is C8H10N2S2. The summed E-state index contributed by atoms with van der Waals surface area (Å²) in [5.41, 5.74) is 3.66. The maximum absolute atomic E-state index is 3.84. The van der Waals surface area contributed by atoms with Gasteiger partial charge in [-0.3, -0.25) is 9.97 Å². The number of hydrogen-bond acceptors (Lipinski definition) is 4. The van der Waals surface area contributed by atoms with Crippen molar-refractivity contribution in [3.8, 4) is 0 Å². The van der Waals surface area contributed by atoms with Crippen molar-refractivity contribution in [3.05, 3.63) is 33.2 Å². The van der Waals surface area contributed by atoms with E-state index in [0.717, 1.165) is 0 Å². The Hall–Kier alpha value is -0.740. The van der Waals surface area contributed by atoms with Crippen molar-refractivity contribution >= 4 is 22.7 Å². The number of nitrogens with zero attached hydrogens (tertiary/aromatic N) is 2. The van der Waals surface area contributed by atoms with Crippen LogP contribution in [0.2, 0.25) is 0 Å². The van der Waals surface area contributed by atoms with E-state index < -0.39 is 0 Å². The molecule has 0 saturated heterocycles. The molecule has 0 aliphatic carbocycles. The maximum atomic E-state index is 3.84. The first-order chi connectivity index (χ1) is 5.79. The average Bonchev–Trinajstić information content (AvgIpc) is 2.63. The fourth-order valence-corrected chi connectivity index (χ4v) is 1.38. The molecule has 0 aliphatic rings. The molecule has 0 radical (unpaired) electrons. The van der Waals surface area contributed by atoms with E-state index in [4.69, 9.17) is 0 Å². The minimum absolute atomic E-state index is 1.27. The van der Waals surface area contributed by atoms with Gasteiger partial charge in [0.15, 0.2) is 0 Å². The summed E-state index contributed by atoms with van der Waals surface area (Å²) in [4.78, 5) is 10.2. The summed E-state index contributed by atoms with van der Waals surface area (Å²) >= 11 is 3.33. The van der Waals surface area contributed by atoms with E-state index >= 15 is 0 Å². The summed E-state index contributed by atoms with van der Waals surface area (Å²) in [5.74, 6) is 0. The zero-order valence-electron chi connectivity index (χ0n) is 7.02. The molecule has 0 spiro atoms. The van der Waals surface area contributed by atoms with Gasteiger partial charge in [0.05, 0.1) is 11.0 Å². The van der Waals surface area contributed by atoms with E-state index in [1.807, 2.05) is 37.3 Å². The van der Waals surface area contributed by atoms with Gasteiger partial charge in [-0.15, -0.1) is 22.7 Å². The van der Waals surface area contributed by atoms with Crippen LogP contribution in [0, 0.1) is 13.8 Å². The zero-order valence-corrected chi connectivity index (χ0v) is 8.65. The second kappa shape index (κ2) is 5.00. The molecule has 2 rings (SSSR count). The van der Waals surface area contributed by atoms with Crippen LogP contribution in [0.25, 0.3) is 0 Å². The molecule has 0 atom stereocenters. The molecule has 64 valence electrons. The molecule has 2 heterocycles. The summed E-state index contributed by atoms with van der Waals surface area (Å²) in [6, 6.07) is 0. The predicted molar refractivity (Wildman–Crippen MR) is 53.7 cm³/mol. The fraction of sp³-hybridized carbons (Fsp3) is 0.250. The van der Waals surface area contributed by atoms with Gasteiger partial charge in [-0.05, 0) is 13.8 Å². The highest BCUT2D eigenvalue weighted by molar-refractivity contribution is 7.09. The van der Waals surface area contributed by atoms with Crippen LogP contribution in [0.15, 0.2) is 23.4 Å². The van der Waals surface area contributed by atoms with E-state index in [-0.39, 0.29) is 0 Å². The van der Waals surface area contributed by atoms with E-state index in [1.54, 1.807) is 22.7 Å². The van der Waals surface area contributed by atoms with Gasteiger partial charge in [0.1, 0.15) is 0 Å². The van der Waals surface area contributed by atoms with E-state index in [9.17, 15) is 0 Å². The normalized spacial score (nSPS) is 8.83. The highest BCUT2D eigenvalue weighted by Crippen LogP contribution is 2.00. The van der Waals surface area contributed by atoms with Crippen molar-refractivity contribution in [2.45, 2.75) is 13.8 Å².